The molecule has 0 unspecified atom stereocenters. The van der Waals surface area contributed by atoms with Crippen LogP contribution < -0.4 is 15.8 Å². The number of hydrogen-bond donors (Lipinski definition) is 2. The van der Waals surface area contributed by atoms with E-state index in [-0.39, 0.29) is 12.1 Å². The van der Waals surface area contributed by atoms with Gasteiger partial charge in [-0.1, -0.05) is 29.8 Å². The lowest BCUT2D eigenvalue weighted by molar-refractivity contribution is 0.246. The fraction of sp³-hybridized carbons (Fsp3) is 0.231. The second kappa shape index (κ2) is 4.93. The highest BCUT2D eigenvalue weighted by atomic mass is 35.5. The van der Waals surface area contributed by atoms with Gasteiger partial charge in [0.2, 0.25) is 5.95 Å². The van der Waals surface area contributed by atoms with Gasteiger partial charge in [-0.3, -0.25) is 0 Å². The van der Waals surface area contributed by atoms with Crippen molar-refractivity contribution in [3.63, 3.8) is 0 Å². The number of anilines is 2. The summed E-state index contributed by atoms with van der Waals surface area (Å²) in [5.41, 5.74) is 6.77. The van der Waals surface area contributed by atoms with E-state index < -0.39 is 0 Å². The van der Waals surface area contributed by atoms with Crippen molar-refractivity contribution < 1.29 is 4.74 Å². The van der Waals surface area contributed by atoms with E-state index in [1.165, 1.54) is 5.56 Å². The summed E-state index contributed by atoms with van der Waals surface area (Å²) in [7, 11) is 0. The van der Waals surface area contributed by atoms with Crippen molar-refractivity contribution in [3.05, 3.63) is 41.0 Å². The molecule has 19 heavy (non-hydrogen) atoms. The lowest BCUT2D eigenvalue weighted by atomic mass is 10.1. The number of fused-ring (bicyclic) bond motifs is 1. The van der Waals surface area contributed by atoms with Gasteiger partial charge in [0, 0.05) is 12.5 Å². The summed E-state index contributed by atoms with van der Waals surface area (Å²) in [6.45, 7) is 0.640. The maximum absolute atomic E-state index is 5.82. The highest BCUT2D eigenvalue weighted by Crippen LogP contribution is 2.28. The molecule has 5 nitrogen and oxygen atoms in total. The number of nitrogen functional groups attached to an aromatic ring is 1. The van der Waals surface area contributed by atoms with E-state index in [4.69, 9.17) is 22.1 Å². The van der Waals surface area contributed by atoms with Crippen LogP contribution in [0.1, 0.15) is 5.56 Å². The van der Waals surface area contributed by atoms with Crippen LogP contribution in [-0.2, 0) is 6.42 Å². The minimum Gasteiger partial charge on any atom is -0.488 e. The Kier molecular flexibility index (Phi) is 3.13. The molecule has 1 aromatic heterocycles. The van der Waals surface area contributed by atoms with Gasteiger partial charge in [0.05, 0.1) is 6.54 Å². The molecule has 0 radical (unpaired) electrons. The van der Waals surface area contributed by atoms with Gasteiger partial charge >= 0.3 is 0 Å². The molecule has 0 amide bonds. The molecule has 0 spiro atoms. The molecule has 2 aromatic rings. The minimum absolute atomic E-state index is 0.0902. The number of nitrogens with one attached hydrogen (secondary N) is 1. The number of ether oxygens (including phenoxy) is 1. The van der Waals surface area contributed by atoms with Crippen molar-refractivity contribution in [1.29, 1.82) is 0 Å². The Labute approximate surface area is 115 Å². The van der Waals surface area contributed by atoms with Gasteiger partial charge in [-0.15, -0.1) is 0 Å². The molecule has 0 saturated heterocycles. The van der Waals surface area contributed by atoms with Gasteiger partial charge < -0.3 is 15.8 Å². The highest BCUT2D eigenvalue weighted by molar-refractivity contribution is 6.29. The summed E-state index contributed by atoms with van der Waals surface area (Å²) in [4.78, 5) is 7.87. The molecule has 0 aliphatic carbocycles. The van der Waals surface area contributed by atoms with E-state index in [9.17, 15) is 0 Å². The molecule has 0 saturated carbocycles. The van der Waals surface area contributed by atoms with E-state index in [1.54, 1.807) is 6.07 Å². The number of hydrogen-bond acceptors (Lipinski definition) is 5. The standard InChI is InChI=1S/C13H13ClN4O/c14-11-6-12(18-13(15)17-11)16-7-9-5-8-3-1-2-4-10(8)19-9/h1-4,6,9H,5,7H2,(H3,15,16,17,18)/t9-/m0/s1. The minimum atomic E-state index is 0.0902. The molecule has 0 fully saturated rings. The largest absolute Gasteiger partial charge is 0.488 e. The average Bonchev–Trinajstić information content (AvgIpc) is 2.78. The second-order valence-electron chi connectivity index (χ2n) is 4.37. The van der Waals surface area contributed by atoms with Crippen molar-refractivity contribution >= 4 is 23.4 Å². The quantitative estimate of drug-likeness (QED) is 0.840. The predicted octanol–water partition coefficient (Wildman–Crippen LogP) is 2.13. The number of nitrogens with two attached hydrogens (primary N) is 1. The van der Waals surface area contributed by atoms with Crippen LogP contribution in [0.2, 0.25) is 5.15 Å². The van der Waals surface area contributed by atoms with Crippen LogP contribution >= 0.6 is 11.6 Å². The number of benzene rings is 1. The van der Waals surface area contributed by atoms with Gasteiger partial charge in [0.15, 0.2) is 0 Å². The highest BCUT2D eigenvalue weighted by Gasteiger charge is 2.22. The Morgan fingerprint density at radius 3 is 3.00 bits per heavy atom. The summed E-state index contributed by atoms with van der Waals surface area (Å²) in [6.07, 6.45) is 0.977. The third-order valence-corrected chi connectivity index (χ3v) is 3.13. The summed E-state index contributed by atoms with van der Waals surface area (Å²) in [6, 6.07) is 9.69. The van der Waals surface area contributed by atoms with Crippen LogP contribution in [0.15, 0.2) is 30.3 Å². The third-order valence-electron chi connectivity index (χ3n) is 2.94. The lowest BCUT2D eigenvalue weighted by Gasteiger charge is -2.12. The smallest absolute Gasteiger partial charge is 0.223 e. The second-order valence-corrected chi connectivity index (χ2v) is 4.75. The Balaban J connectivity index is 1.62. The summed E-state index contributed by atoms with van der Waals surface area (Å²) >= 11 is 5.82. The van der Waals surface area contributed by atoms with Crippen LogP contribution in [0.4, 0.5) is 11.8 Å². The zero-order chi connectivity index (χ0) is 13.2. The first-order valence-electron chi connectivity index (χ1n) is 5.99. The van der Waals surface area contributed by atoms with Crippen molar-refractivity contribution in [1.82, 2.24) is 9.97 Å². The number of rotatable bonds is 3. The van der Waals surface area contributed by atoms with Crippen LogP contribution in [-0.4, -0.2) is 22.6 Å². The number of aromatic nitrogens is 2. The molecule has 1 aliphatic heterocycles. The topological polar surface area (TPSA) is 73.1 Å². The molecule has 1 aliphatic rings. The molecule has 98 valence electrons. The maximum atomic E-state index is 5.82. The molecular weight excluding hydrogens is 264 g/mol. The van der Waals surface area contributed by atoms with Crippen molar-refractivity contribution in [2.75, 3.05) is 17.6 Å². The molecule has 6 heteroatoms. The molecule has 3 N–H and O–H groups in total. The zero-order valence-corrected chi connectivity index (χ0v) is 10.9. The summed E-state index contributed by atoms with van der Waals surface area (Å²) in [5.74, 6) is 1.72. The SMILES string of the molecule is Nc1nc(Cl)cc(NC[C@@H]2Cc3ccccc3O2)n1. The van der Waals surface area contributed by atoms with Crippen molar-refractivity contribution in [2.24, 2.45) is 0 Å². The van der Waals surface area contributed by atoms with Gasteiger partial charge in [0.1, 0.15) is 22.8 Å². The van der Waals surface area contributed by atoms with E-state index in [2.05, 4.69) is 21.4 Å². The monoisotopic (exact) mass is 276 g/mol. The van der Waals surface area contributed by atoms with E-state index in [0.717, 1.165) is 12.2 Å². The number of nitrogens with zero attached hydrogens (tertiary/aromatic N) is 2. The first-order chi connectivity index (χ1) is 9.20. The predicted molar refractivity (Wildman–Crippen MR) is 74.5 cm³/mol. The average molecular weight is 277 g/mol. The van der Waals surface area contributed by atoms with E-state index >= 15 is 0 Å². The van der Waals surface area contributed by atoms with Gasteiger partial charge in [-0.2, -0.15) is 4.98 Å². The maximum Gasteiger partial charge on any atom is 0.223 e. The Hall–Kier alpha value is -2.01. The first-order valence-corrected chi connectivity index (χ1v) is 6.37. The fourth-order valence-corrected chi connectivity index (χ4v) is 2.30. The van der Waals surface area contributed by atoms with E-state index in [1.807, 2.05) is 18.2 Å². The normalized spacial score (nSPS) is 16.8. The summed E-state index contributed by atoms with van der Waals surface area (Å²) < 4.78 is 5.82. The first kappa shape index (κ1) is 12.0. The van der Waals surface area contributed by atoms with Crippen LogP contribution in [0.25, 0.3) is 0 Å². The number of para-hydroxylation sites is 1. The molecular formula is C13H13ClN4O. The van der Waals surface area contributed by atoms with Crippen molar-refractivity contribution in [2.45, 2.75) is 12.5 Å². The Morgan fingerprint density at radius 2 is 2.21 bits per heavy atom. The third kappa shape index (κ3) is 2.71. The molecule has 0 bridgehead atoms. The Morgan fingerprint density at radius 1 is 1.37 bits per heavy atom. The van der Waals surface area contributed by atoms with Gasteiger partial charge in [-0.25, -0.2) is 4.98 Å². The van der Waals surface area contributed by atoms with Crippen LogP contribution in [0, 0.1) is 0 Å². The summed E-state index contributed by atoms with van der Waals surface area (Å²) in [5, 5.41) is 3.49. The molecule has 3 rings (SSSR count). The number of halogens is 1. The fourth-order valence-electron chi connectivity index (χ4n) is 2.11. The van der Waals surface area contributed by atoms with E-state index in [0.29, 0.717) is 17.5 Å². The van der Waals surface area contributed by atoms with Crippen molar-refractivity contribution in [3.8, 4) is 5.75 Å². The van der Waals surface area contributed by atoms with Gasteiger partial charge in [0.25, 0.3) is 0 Å². The zero-order valence-electron chi connectivity index (χ0n) is 10.1. The molecule has 1 atom stereocenters. The van der Waals surface area contributed by atoms with Gasteiger partial charge in [-0.05, 0) is 11.6 Å². The lowest BCUT2D eigenvalue weighted by Crippen LogP contribution is -2.24. The molecule has 1 aromatic carbocycles. The van der Waals surface area contributed by atoms with Crippen LogP contribution in [0.3, 0.4) is 0 Å². The van der Waals surface area contributed by atoms with Crippen LogP contribution in [0.5, 0.6) is 5.75 Å². The Bertz CT molecular complexity index is 560. The molecule has 2 heterocycles.